The van der Waals surface area contributed by atoms with Crippen LogP contribution in [-0.2, 0) is 13.0 Å². The summed E-state index contributed by atoms with van der Waals surface area (Å²) in [4.78, 5) is 24.4. The average molecular weight is 422 g/mol. The minimum absolute atomic E-state index is 0.139. The van der Waals surface area contributed by atoms with E-state index in [-0.39, 0.29) is 24.3 Å². The first-order valence-electron chi connectivity index (χ1n) is 8.39. The van der Waals surface area contributed by atoms with Crippen molar-refractivity contribution >= 4 is 40.1 Å². The third-order valence-electron chi connectivity index (χ3n) is 4.47. The van der Waals surface area contributed by atoms with Crippen molar-refractivity contribution in [3.05, 3.63) is 73.5 Å². The highest BCUT2D eigenvalue weighted by atomic mass is 35.5. The van der Waals surface area contributed by atoms with Gasteiger partial charge in [-0.15, -0.1) is 0 Å². The predicted octanol–water partition coefficient (Wildman–Crippen LogP) is 3.60. The van der Waals surface area contributed by atoms with E-state index in [9.17, 15) is 19.8 Å². The fraction of sp³-hybridized carbons (Fsp3) is 0.200. The maximum Gasteiger partial charge on any atom is 0.341 e. The zero-order chi connectivity index (χ0) is 20.4. The number of aliphatic hydroxyl groups is 1. The van der Waals surface area contributed by atoms with Crippen LogP contribution in [0.25, 0.3) is 10.9 Å². The van der Waals surface area contributed by atoms with Crippen molar-refractivity contribution in [2.75, 3.05) is 13.7 Å². The maximum atomic E-state index is 12.8. The van der Waals surface area contributed by atoms with Gasteiger partial charge in [-0.05, 0) is 23.3 Å². The van der Waals surface area contributed by atoms with E-state index in [1.165, 1.54) is 17.9 Å². The zero-order valence-electron chi connectivity index (χ0n) is 14.9. The van der Waals surface area contributed by atoms with E-state index in [2.05, 4.69) is 0 Å². The minimum atomic E-state index is -1.34. The molecule has 0 fully saturated rings. The smallest absolute Gasteiger partial charge is 0.341 e. The first-order chi connectivity index (χ1) is 13.4. The van der Waals surface area contributed by atoms with Crippen LogP contribution in [0.4, 0.5) is 0 Å². The van der Waals surface area contributed by atoms with E-state index < -0.39 is 17.0 Å². The van der Waals surface area contributed by atoms with Crippen LogP contribution in [-0.4, -0.2) is 34.5 Å². The first kappa shape index (κ1) is 20.2. The molecule has 0 atom stereocenters. The molecule has 1 heterocycles. The molecule has 0 aliphatic heterocycles. The van der Waals surface area contributed by atoms with Crippen LogP contribution in [0.3, 0.4) is 0 Å². The van der Waals surface area contributed by atoms with E-state index in [1.54, 1.807) is 24.3 Å². The van der Waals surface area contributed by atoms with Gasteiger partial charge in [-0.2, -0.15) is 0 Å². The molecule has 6 nitrogen and oxygen atoms in total. The van der Waals surface area contributed by atoms with Gasteiger partial charge in [0.15, 0.2) is 0 Å². The second-order valence-corrected chi connectivity index (χ2v) is 6.92. The number of ether oxygens (including phenoxy) is 1. The molecule has 0 aliphatic carbocycles. The second-order valence-electron chi connectivity index (χ2n) is 6.14. The summed E-state index contributed by atoms with van der Waals surface area (Å²) in [5.74, 6) is -1.07. The Morgan fingerprint density at radius 3 is 2.57 bits per heavy atom. The standard InChI is InChI=1S/C20H17Cl2NO5/c1-28-19-12(9-11-3-2-4-14(21)17(11)22)5-6-15-16(19)18(25)13(20(26)27)10-23(15)7-8-24/h2-6,10,24H,7-9H2,1H3,(H,26,27). The number of rotatable bonds is 6. The SMILES string of the molecule is COc1c(Cc2cccc(Cl)c2Cl)ccc2c1c(=O)c(C(=O)O)cn2CCO. The molecule has 0 amide bonds. The summed E-state index contributed by atoms with van der Waals surface area (Å²) in [6, 6.07) is 8.75. The van der Waals surface area contributed by atoms with Gasteiger partial charge in [-0.3, -0.25) is 4.79 Å². The fourth-order valence-electron chi connectivity index (χ4n) is 3.20. The largest absolute Gasteiger partial charge is 0.496 e. The molecule has 2 aromatic carbocycles. The van der Waals surface area contributed by atoms with Gasteiger partial charge in [0.25, 0.3) is 0 Å². The summed E-state index contributed by atoms with van der Waals surface area (Å²) in [5, 5.41) is 19.7. The molecule has 0 radical (unpaired) electrons. The molecule has 8 heteroatoms. The van der Waals surface area contributed by atoms with Gasteiger partial charge in [0.1, 0.15) is 11.3 Å². The van der Waals surface area contributed by atoms with Crippen LogP contribution in [0.5, 0.6) is 5.75 Å². The Morgan fingerprint density at radius 2 is 1.93 bits per heavy atom. The molecule has 28 heavy (non-hydrogen) atoms. The maximum absolute atomic E-state index is 12.8. The summed E-state index contributed by atoms with van der Waals surface area (Å²) in [7, 11) is 1.42. The van der Waals surface area contributed by atoms with E-state index in [4.69, 9.17) is 27.9 Å². The van der Waals surface area contributed by atoms with Crippen LogP contribution in [0, 0.1) is 0 Å². The Balaban J connectivity index is 2.29. The number of carbonyl (C=O) groups is 1. The van der Waals surface area contributed by atoms with Crippen molar-refractivity contribution in [1.29, 1.82) is 0 Å². The zero-order valence-corrected chi connectivity index (χ0v) is 16.4. The van der Waals surface area contributed by atoms with E-state index in [1.807, 2.05) is 6.07 Å². The summed E-state index contributed by atoms with van der Waals surface area (Å²) >= 11 is 12.4. The van der Waals surface area contributed by atoms with Crippen molar-refractivity contribution in [2.24, 2.45) is 0 Å². The van der Waals surface area contributed by atoms with Crippen molar-refractivity contribution in [3.63, 3.8) is 0 Å². The number of pyridine rings is 1. The van der Waals surface area contributed by atoms with Crippen LogP contribution in [0.2, 0.25) is 10.0 Å². The highest BCUT2D eigenvalue weighted by molar-refractivity contribution is 6.42. The number of carboxylic acids is 1. The van der Waals surface area contributed by atoms with Crippen molar-refractivity contribution in [2.45, 2.75) is 13.0 Å². The molecular formula is C20H17Cl2NO5. The Labute approximate surface area is 170 Å². The normalized spacial score (nSPS) is 11.0. The van der Waals surface area contributed by atoms with Crippen LogP contribution < -0.4 is 10.2 Å². The number of aromatic nitrogens is 1. The number of fused-ring (bicyclic) bond motifs is 1. The highest BCUT2D eigenvalue weighted by Gasteiger charge is 2.20. The summed E-state index contributed by atoms with van der Waals surface area (Å²) in [5.41, 5.74) is 0.845. The number of benzene rings is 2. The Hall–Kier alpha value is -2.54. The molecule has 0 spiro atoms. The van der Waals surface area contributed by atoms with Gasteiger partial charge < -0.3 is 19.5 Å². The molecule has 0 unspecified atom stereocenters. The van der Waals surface area contributed by atoms with Gasteiger partial charge in [-0.1, -0.05) is 41.4 Å². The van der Waals surface area contributed by atoms with Gasteiger partial charge in [-0.25, -0.2) is 4.79 Å². The van der Waals surface area contributed by atoms with Crippen molar-refractivity contribution in [1.82, 2.24) is 4.57 Å². The van der Waals surface area contributed by atoms with Gasteiger partial charge in [0, 0.05) is 19.2 Å². The molecule has 3 aromatic rings. The first-order valence-corrected chi connectivity index (χ1v) is 9.14. The number of aliphatic hydroxyl groups excluding tert-OH is 1. The highest BCUT2D eigenvalue weighted by Crippen LogP contribution is 2.33. The number of carboxylic acid groups (broad SMARTS) is 1. The third kappa shape index (κ3) is 3.58. The fourth-order valence-corrected chi connectivity index (χ4v) is 3.59. The lowest BCUT2D eigenvalue weighted by Gasteiger charge is -2.16. The molecule has 0 saturated heterocycles. The van der Waals surface area contributed by atoms with E-state index in [0.29, 0.717) is 27.5 Å². The molecular weight excluding hydrogens is 405 g/mol. The Bertz CT molecular complexity index is 1120. The monoisotopic (exact) mass is 421 g/mol. The van der Waals surface area contributed by atoms with Crippen LogP contribution in [0.15, 0.2) is 41.3 Å². The number of halogens is 2. The van der Waals surface area contributed by atoms with Crippen LogP contribution in [0.1, 0.15) is 21.5 Å². The lowest BCUT2D eigenvalue weighted by molar-refractivity contribution is 0.0694. The predicted molar refractivity (Wildman–Crippen MR) is 108 cm³/mol. The minimum Gasteiger partial charge on any atom is -0.496 e. The lowest BCUT2D eigenvalue weighted by atomic mass is 10.00. The number of aromatic carboxylic acids is 1. The molecule has 0 saturated carbocycles. The molecule has 3 rings (SSSR count). The van der Waals surface area contributed by atoms with Crippen LogP contribution >= 0.6 is 23.2 Å². The molecule has 0 bridgehead atoms. The lowest BCUT2D eigenvalue weighted by Crippen LogP contribution is -2.20. The van der Waals surface area contributed by atoms with Crippen molar-refractivity contribution in [3.8, 4) is 5.75 Å². The third-order valence-corrected chi connectivity index (χ3v) is 5.33. The number of nitrogens with zero attached hydrogens (tertiary/aromatic N) is 1. The summed E-state index contributed by atoms with van der Waals surface area (Å²) in [6.45, 7) is -0.0705. The second kappa shape index (κ2) is 8.22. The number of methoxy groups -OCH3 is 1. The van der Waals surface area contributed by atoms with Crippen molar-refractivity contribution < 1.29 is 19.7 Å². The Kier molecular flexibility index (Phi) is 5.93. The molecule has 0 aliphatic rings. The molecule has 1 aromatic heterocycles. The van der Waals surface area contributed by atoms with Gasteiger partial charge >= 0.3 is 5.97 Å². The van der Waals surface area contributed by atoms with Gasteiger partial charge in [0.05, 0.1) is 34.7 Å². The topological polar surface area (TPSA) is 88.8 Å². The van der Waals surface area contributed by atoms with E-state index in [0.717, 1.165) is 5.56 Å². The molecule has 2 N–H and O–H groups in total. The summed E-state index contributed by atoms with van der Waals surface area (Å²) in [6.07, 6.45) is 1.57. The Morgan fingerprint density at radius 1 is 1.18 bits per heavy atom. The van der Waals surface area contributed by atoms with E-state index >= 15 is 0 Å². The number of hydrogen-bond acceptors (Lipinski definition) is 4. The van der Waals surface area contributed by atoms with Gasteiger partial charge in [0.2, 0.25) is 5.43 Å². The summed E-state index contributed by atoms with van der Waals surface area (Å²) < 4.78 is 7.03. The quantitative estimate of drug-likeness (QED) is 0.634. The average Bonchev–Trinajstić information content (AvgIpc) is 2.67. The molecule has 146 valence electrons. The number of hydrogen-bond donors (Lipinski definition) is 2.